The summed E-state index contributed by atoms with van der Waals surface area (Å²) in [6.45, 7) is 11.2. The average molecular weight is 359 g/mol. The molecule has 0 rings (SSSR count). The van der Waals surface area contributed by atoms with Gasteiger partial charge >= 0.3 is 0 Å². The lowest BCUT2D eigenvalue weighted by molar-refractivity contribution is -0.107. The van der Waals surface area contributed by atoms with Gasteiger partial charge in [-0.25, -0.2) is 0 Å². The van der Waals surface area contributed by atoms with Crippen LogP contribution in [0.2, 0.25) is 0 Å². The standard InChI is InChI=1S/C21H42O2S/c1-7-8-9-10-11-12-13-19(15-17-22)24-20(18(2)3)14-16-21(4,5)23-6/h17-20H,7-16H2,1-6H3. The molecule has 0 aromatic rings. The van der Waals surface area contributed by atoms with Crippen molar-refractivity contribution < 1.29 is 9.53 Å². The molecular weight excluding hydrogens is 316 g/mol. The van der Waals surface area contributed by atoms with E-state index in [1.807, 2.05) is 0 Å². The van der Waals surface area contributed by atoms with Gasteiger partial charge in [0.2, 0.25) is 0 Å². The summed E-state index contributed by atoms with van der Waals surface area (Å²) in [5.74, 6) is 0.640. The number of rotatable bonds is 16. The van der Waals surface area contributed by atoms with Gasteiger partial charge in [0.05, 0.1) is 5.60 Å². The lowest BCUT2D eigenvalue weighted by atomic mass is 9.97. The largest absolute Gasteiger partial charge is 0.379 e. The summed E-state index contributed by atoms with van der Waals surface area (Å²) in [6.07, 6.45) is 13.2. The summed E-state index contributed by atoms with van der Waals surface area (Å²) < 4.78 is 5.57. The maximum atomic E-state index is 11.1. The molecule has 3 heteroatoms. The zero-order chi connectivity index (χ0) is 18.4. The van der Waals surface area contributed by atoms with Crippen LogP contribution in [0.5, 0.6) is 0 Å². The third-order valence-corrected chi connectivity index (χ3v) is 6.88. The monoisotopic (exact) mass is 358 g/mol. The molecule has 0 aliphatic heterocycles. The van der Waals surface area contributed by atoms with Crippen molar-refractivity contribution in [3.05, 3.63) is 0 Å². The molecule has 24 heavy (non-hydrogen) atoms. The number of unbranched alkanes of at least 4 members (excludes halogenated alkanes) is 5. The van der Waals surface area contributed by atoms with Crippen molar-refractivity contribution in [1.82, 2.24) is 0 Å². The Labute approximate surface area is 155 Å². The Morgan fingerprint density at radius 1 is 1.04 bits per heavy atom. The van der Waals surface area contributed by atoms with Gasteiger partial charge in [0.25, 0.3) is 0 Å². The van der Waals surface area contributed by atoms with E-state index in [1.165, 1.54) is 44.9 Å². The number of aldehydes is 1. The van der Waals surface area contributed by atoms with E-state index in [1.54, 1.807) is 7.11 Å². The molecule has 0 fully saturated rings. The van der Waals surface area contributed by atoms with Gasteiger partial charge in [-0.3, -0.25) is 0 Å². The van der Waals surface area contributed by atoms with Crippen LogP contribution in [0.3, 0.4) is 0 Å². The van der Waals surface area contributed by atoms with Crippen LogP contribution in [0, 0.1) is 5.92 Å². The molecule has 0 bridgehead atoms. The Morgan fingerprint density at radius 3 is 2.21 bits per heavy atom. The Kier molecular flexibility index (Phi) is 14.2. The SMILES string of the molecule is CCCCCCCCC(CC=O)SC(CCC(C)(C)OC)C(C)C. The van der Waals surface area contributed by atoms with Gasteiger partial charge in [-0.15, -0.1) is 0 Å². The lowest BCUT2D eigenvalue weighted by Crippen LogP contribution is -2.26. The van der Waals surface area contributed by atoms with E-state index in [-0.39, 0.29) is 5.60 Å². The number of hydrogen-bond acceptors (Lipinski definition) is 3. The van der Waals surface area contributed by atoms with Gasteiger partial charge in [0.1, 0.15) is 6.29 Å². The topological polar surface area (TPSA) is 26.3 Å². The number of methoxy groups -OCH3 is 1. The summed E-state index contributed by atoms with van der Waals surface area (Å²) in [5.41, 5.74) is -0.0485. The molecule has 0 heterocycles. The van der Waals surface area contributed by atoms with E-state index in [4.69, 9.17) is 4.74 Å². The van der Waals surface area contributed by atoms with Crippen molar-refractivity contribution in [2.24, 2.45) is 5.92 Å². The highest BCUT2D eigenvalue weighted by atomic mass is 32.2. The van der Waals surface area contributed by atoms with Crippen molar-refractivity contribution in [3.63, 3.8) is 0 Å². The second kappa shape index (κ2) is 14.2. The highest BCUT2D eigenvalue weighted by molar-refractivity contribution is 8.00. The van der Waals surface area contributed by atoms with Gasteiger partial charge < -0.3 is 9.53 Å². The Balaban J connectivity index is 4.32. The van der Waals surface area contributed by atoms with Gasteiger partial charge in [-0.05, 0) is 39.0 Å². The quantitative estimate of drug-likeness (QED) is 0.228. The maximum Gasteiger partial charge on any atom is 0.121 e. The first-order valence-electron chi connectivity index (χ1n) is 10.0. The second-order valence-corrected chi connectivity index (χ2v) is 9.55. The summed E-state index contributed by atoms with van der Waals surface area (Å²) in [6, 6.07) is 0. The third kappa shape index (κ3) is 12.4. The van der Waals surface area contributed by atoms with Crippen molar-refractivity contribution in [1.29, 1.82) is 0 Å². The lowest BCUT2D eigenvalue weighted by Gasteiger charge is -2.29. The molecule has 0 saturated carbocycles. The molecule has 0 aliphatic rings. The van der Waals surface area contributed by atoms with Crippen molar-refractivity contribution in [2.75, 3.05) is 7.11 Å². The van der Waals surface area contributed by atoms with Gasteiger partial charge in [0.15, 0.2) is 0 Å². The van der Waals surface area contributed by atoms with E-state index in [2.05, 4.69) is 46.4 Å². The summed E-state index contributed by atoms with van der Waals surface area (Å²) in [5, 5.41) is 1.11. The number of ether oxygens (including phenoxy) is 1. The van der Waals surface area contributed by atoms with Crippen molar-refractivity contribution in [3.8, 4) is 0 Å². The number of hydrogen-bond donors (Lipinski definition) is 0. The smallest absolute Gasteiger partial charge is 0.121 e. The fraction of sp³-hybridized carbons (Fsp3) is 0.952. The van der Waals surface area contributed by atoms with E-state index < -0.39 is 0 Å². The molecule has 0 aromatic carbocycles. The van der Waals surface area contributed by atoms with Gasteiger partial charge in [-0.1, -0.05) is 59.3 Å². The fourth-order valence-corrected chi connectivity index (χ4v) is 4.45. The molecule has 0 aromatic heterocycles. The zero-order valence-electron chi connectivity index (χ0n) is 17.1. The van der Waals surface area contributed by atoms with Crippen LogP contribution in [-0.2, 0) is 9.53 Å². The van der Waals surface area contributed by atoms with Gasteiger partial charge in [-0.2, -0.15) is 11.8 Å². The highest BCUT2D eigenvalue weighted by Gasteiger charge is 2.24. The molecule has 144 valence electrons. The molecule has 0 N–H and O–H groups in total. The van der Waals surface area contributed by atoms with Crippen LogP contribution >= 0.6 is 11.8 Å². The van der Waals surface area contributed by atoms with Crippen molar-refractivity contribution >= 4 is 18.0 Å². The summed E-state index contributed by atoms with van der Waals surface area (Å²) in [7, 11) is 1.80. The average Bonchev–Trinajstić information content (AvgIpc) is 2.54. The predicted molar refractivity (Wildman–Crippen MR) is 109 cm³/mol. The molecule has 0 amide bonds. The van der Waals surface area contributed by atoms with E-state index >= 15 is 0 Å². The van der Waals surface area contributed by atoms with Crippen LogP contribution in [0.25, 0.3) is 0 Å². The van der Waals surface area contributed by atoms with Gasteiger partial charge in [0, 0.05) is 24.0 Å². The molecule has 2 nitrogen and oxygen atoms in total. The molecule has 2 atom stereocenters. The fourth-order valence-electron chi connectivity index (χ4n) is 2.90. The molecule has 0 aliphatic carbocycles. The minimum Gasteiger partial charge on any atom is -0.379 e. The van der Waals surface area contributed by atoms with E-state index in [0.717, 1.165) is 19.1 Å². The molecule has 0 spiro atoms. The Hall–Kier alpha value is -0.0200. The normalized spacial score (nSPS) is 14.8. The highest BCUT2D eigenvalue weighted by Crippen LogP contribution is 2.34. The molecule has 0 saturated heterocycles. The maximum absolute atomic E-state index is 11.1. The first-order chi connectivity index (χ1) is 11.4. The first kappa shape index (κ1) is 24.0. The van der Waals surface area contributed by atoms with Crippen molar-refractivity contribution in [2.45, 2.75) is 115 Å². The number of thioether (sulfide) groups is 1. The molecule has 2 unspecified atom stereocenters. The second-order valence-electron chi connectivity index (χ2n) is 8.00. The number of carbonyl (C=O) groups excluding carboxylic acids is 1. The summed E-state index contributed by atoms with van der Waals surface area (Å²) in [4.78, 5) is 11.1. The zero-order valence-corrected chi connectivity index (χ0v) is 17.9. The van der Waals surface area contributed by atoms with E-state index in [0.29, 0.717) is 22.8 Å². The molecule has 0 radical (unpaired) electrons. The first-order valence-corrected chi connectivity index (χ1v) is 10.9. The minimum atomic E-state index is -0.0485. The van der Waals surface area contributed by atoms with Crippen LogP contribution < -0.4 is 0 Å². The summed E-state index contributed by atoms with van der Waals surface area (Å²) >= 11 is 2.06. The minimum absolute atomic E-state index is 0.0485. The predicted octanol–water partition coefficient (Wildman–Crippen LogP) is 6.66. The van der Waals surface area contributed by atoms with Crippen LogP contribution in [0.1, 0.15) is 98.8 Å². The van der Waals surface area contributed by atoms with E-state index in [9.17, 15) is 4.79 Å². The Morgan fingerprint density at radius 2 is 1.67 bits per heavy atom. The number of carbonyl (C=O) groups is 1. The van der Waals surface area contributed by atoms with Crippen LogP contribution in [0.15, 0.2) is 0 Å². The third-order valence-electron chi connectivity index (χ3n) is 4.93. The van der Waals surface area contributed by atoms with Crippen LogP contribution in [-0.4, -0.2) is 29.5 Å². The Bertz CT molecular complexity index is 302. The molecular formula is C21H42O2S. The van der Waals surface area contributed by atoms with Crippen LogP contribution in [0.4, 0.5) is 0 Å².